The van der Waals surface area contributed by atoms with Gasteiger partial charge in [0.2, 0.25) is 0 Å². The number of carbonyl (C=O) groups is 1. The van der Waals surface area contributed by atoms with Gasteiger partial charge in [-0.2, -0.15) is 5.26 Å². The van der Waals surface area contributed by atoms with Gasteiger partial charge in [0.15, 0.2) is 15.1 Å². The summed E-state index contributed by atoms with van der Waals surface area (Å²) in [5.74, 6) is -2.02. The summed E-state index contributed by atoms with van der Waals surface area (Å²) in [5, 5.41) is 15.7. The smallest absolute Gasteiger partial charge is 0.322 e. The number of hydrogen-bond acceptors (Lipinski definition) is 4. The van der Waals surface area contributed by atoms with E-state index in [4.69, 9.17) is 10.4 Å². The lowest BCUT2D eigenvalue weighted by atomic mass is 10.1. The molecule has 1 unspecified atom stereocenters. The van der Waals surface area contributed by atoms with Gasteiger partial charge in [-0.05, 0) is 12.3 Å². The molecule has 86 valence electrons. The number of carboxylic acid groups (broad SMARTS) is 1. The van der Waals surface area contributed by atoms with E-state index in [9.17, 15) is 13.2 Å². The van der Waals surface area contributed by atoms with Gasteiger partial charge < -0.3 is 5.11 Å². The molecule has 1 atom stereocenters. The van der Waals surface area contributed by atoms with Gasteiger partial charge in [0.25, 0.3) is 0 Å². The molecule has 6 heteroatoms. The molecule has 0 saturated heterocycles. The summed E-state index contributed by atoms with van der Waals surface area (Å²) in [6.45, 7) is 3.11. The molecule has 0 aromatic heterocycles. The molecule has 0 bridgehead atoms. The Labute approximate surface area is 89.6 Å². The van der Waals surface area contributed by atoms with Crippen LogP contribution in [0.15, 0.2) is 0 Å². The van der Waals surface area contributed by atoms with Crippen LogP contribution in [-0.2, 0) is 14.6 Å². The van der Waals surface area contributed by atoms with Crippen molar-refractivity contribution < 1.29 is 18.3 Å². The van der Waals surface area contributed by atoms with Crippen molar-refractivity contribution in [3.8, 4) is 6.07 Å². The first-order valence-electron chi connectivity index (χ1n) is 4.64. The molecular weight excluding hydrogens is 218 g/mol. The van der Waals surface area contributed by atoms with Crippen molar-refractivity contribution in [1.29, 1.82) is 5.26 Å². The molecule has 0 saturated carbocycles. The summed E-state index contributed by atoms with van der Waals surface area (Å²) in [7, 11) is -3.64. The Morgan fingerprint density at radius 2 is 2.00 bits per heavy atom. The zero-order chi connectivity index (χ0) is 12.1. The standard InChI is InChI=1S/C9H15NO4S/c1-7(2)8(9(11)12)15(13,14)6-4-3-5-10/h7-8H,3-4,6H2,1-2H3,(H,11,12). The first-order chi connectivity index (χ1) is 6.83. The summed E-state index contributed by atoms with van der Waals surface area (Å²) in [4.78, 5) is 10.8. The minimum atomic E-state index is -3.64. The lowest BCUT2D eigenvalue weighted by molar-refractivity contribution is -0.137. The number of nitrogens with zero attached hydrogens (tertiary/aromatic N) is 1. The number of rotatable bonds is 6. The van der Waals surface area contributed by atoms with Crippen molar-refractivity contribution in [2.75, 3.05) is 5.75 Å². The maximum atomic E-state index is 11.6. The first kappa shape index (κ1) is 13.9. The van der Waals surface area contributed by atoms with Crippen LogP contribution in [0.4, 0.5) is 0 Å². The normalized spacial score (nSPS) is 13.5. The van der Waals surface area contributed by atoms with Crippen LogP contribution in [-0.4, -0.2) is 30.5 Å². The molecule has 0 aromatic carbocycles. The minimum Gasteiger partial charge on any atom is -0.480 e. The molecule has 1 N–H and O–H groups in total. The van der Waals surface area contributed by atoms with Gasteiger partial charge in [0, 0.05) is 6.42 Å². The van der Waals surface area contributed by atoms with Crippen LogP contribution in [0.3, 0.4) is 0 Å². The van der Waals surface area contributed by atoms with Crippen LogP contribution in [0.25, 0.3) is 0 Å². The van der Waals surface area contributed by atoms with Crippen molar-refractivity contribution in [1.82, 2.24) is 0 Å². The Bertz CT molecular complexity index is 353. The van der Waals surface area contributed by atoms with Gasteiger partial charge >= 0.3 is 5.97 Å². The molecule has 0 aliphatic carbocycles. The van der Waals surface area contributed by atoms with E-state index in [0.717, 1.165) is 0 Å². The fourth-order valence-corrected chi connectivity index (χ4v) is 3.27. The lowest BCUT2D eigenvalue weighted by Crippen LogP contribution is -2.36. The van der Waals surface area contributed by atoms with E-state index >= 15 is 0 Å². The highest BCUT2D eigenvalue weighted by Crippen LogP contribution is 2.15. The zero-order valence-electron chi connectivity index (χ0n) is 8.80. The van der Waals surface area contributed by atoms with Crippen LogP contribution in [0.1, 0.15) is 26.7 Å². The summed E-state index contributed by atoms with van der Waals surface area (Å²) < 4.78 is 23.2. The Kier molecular flexibility index (Phi) is 5.29. The number of carboxylic acids is 1. The third-order valence-electron chi connectivity index (χ3n) is 1.95. The van der Waals surface area contributed by atoms with Gasteiger partial charge in [-0.15, -0.1) is 0 Å². The minimum absolute atomic E-state index is 0.129. The molecule has 0 aromatic rings. The maximum absolute atomic E-state index is 11.6. The van der Waals surface area contributed by atoms with Crippen molar-refractivity contribution in [3.63, 3.8) is 0 Å². The molecule has 0 aliphatic rings. The monoisotopic (exact) mass is 233 g/mol. The molecule has 5 nitrogen and oxygen atoms in total. The van der Waals surface area contributed by atoms with Gasteiger partial charge in [0.1, 0.15) is 0 Å². The molecule has 0 aliphatic heterocycles. The third kappa shape index (κ3) is 4.30. The Hall–Kier alpha value is -1.09. The van der Waals surface area contributed by atoms with Crippen LogP contribution in [0.5, 0.6) is 0 Å². The third-order valence-corrected chi connectivity index (χ3v) is 4.33. The summed E-state index contributed by atoms with van der Waals surface area (Å²) in [5.41, 5.74) is 0. The van der Waals surface area contributed by atoms with Gasteiger partial charge in [-0.3, -0.25) is 4.79 Å². The summed E-state index contributed by atoms with van der Waals surface area (Å²) in [6, 6.07) is 1.83. The average Bonchev–Trinajstić information content (AvgIpc) is 2.01. The van der Waals surface area contributed by atoms with E-state index < -0.39 is 27.0 Å². The van der Waals surface area contributed by atoms with Gasteiger partial charge in [0.05, 0.1) is 11.8 Å². The number of nitriles is 1. The second-order valence-electron chi connectivity index (χ2n) is 3.63. The van der Waals surface area contributed by atoms with Crippen LogP contribution < -0.4 is 0 Å². The van der Waals surface area contributed by atoms with Crippen molar-refractivity contribution in [2.24, 2.45) is 5.92 Å². The highest BCUT2D eigenvalue weighted by molar-refractivity contribution is 7.92. The molecule has 15 heavy (non-hydrogen) atoms. The Morgan fingerprint density at radius 1 is 1.47 bits per heavy atom. The number of unbranched alkanes of at least 4 members (excludes halogenated alkanes) is 1. The number of aliphatic carboxylic acids is 1. The van der Waals surface area contributed by atoms with Crippen LogP contribution in [0.2, 0.25) is 0 Å². The lowest BCUT2D eigenvalue weighted by Gasteiger charge is -2.16. The van der Waals surface area contributed by atoms with Crippen molar-refractivity contribution >= 4 is 15.8 Å². The molecule has 0 heterocycles. The van der Waals surface area contributed by atoms with E-state index in [1.165, 1.54) is 0 Å². The molecule has 0 amide bonds. The summed E-state index contributed by atoms with van der Waals surface area (Å²) in [6.07, 6.45) is 0.318. The highest BCUT2D eigenvalue weighted by Gasteiger charge is 2.34. The summed E-state index contributed by atoms with van der Waals surface area (Å²) >= 11 is 0. The largest absolute Gasteiger partial charge is 0.480 e. The van der Waals surface area contributed by atoms with Gasteiger partial charge in [-0.1, -0.05) is 13.8 Å². The van der Waals surface area contributed by atoms with E-state index in [1.807, 2.05) is 6.07 Å². The predicted octanol–water partition coefficient (Wildman–Crippen LogP) is 0.814. The molecule has 0 spiro atoms. The first-order valence-corrected chi connectivity index (χ1v) is 6.35. The van der Waals surface area contributed by atoms with E-state index in [2.05, 4.69) is 0 Å². The fourth-order valence-electron chi connectivity index (χ4n) is 1.33. The SMILES string of the molecule is CC(C)C(C(=O)O)S(=O)(=O)CCCC#N. The second-order valence-corrected chi connectivity index (χ2v) is 5.87. The second kappa shape index (κ2) is 5.71. The van der Waals surface area contributed by atoms with E-state index in [-0.39, 0.29) is 18.6 Å². The molecule has 0 rings (SSSR count). The van der Waals surface area contributed by atoms with Crippen molar-refractivity contribution in [2.45, 2.75) is 31.9 Å². The van der Waals surface area contributed by atoms with E-state index in [0.29, 0.717) is 0 Å². The number of sulfone groups is 1. The van der Waals surface area contributed by atoms with Crippen LogP contribution >= 0.6 is 0 Å². The Morgan fingerprint density at radius 3 is 2.33 bits per heavy atom. The fraction of sp³-hybridized carbons (Fsp3) is 0.778. The maximum Gasteiger partial charge on any atom is 0.322 e. The van der Waals surface area contributed by atoms with E-state index in [1.54, 1.807) is 13.8 Å². The van der Waals surface area contributed by atoms with Gasteiger partial charge in [-0.25, -0.2) is 8.42 Å². The molecular formula is C9H15NO4S. The van der Waals surface area contributed by atoms with Crippen LogP contribution in [0, 0.1) is 17.2 Å². The predicted molar refractivity (Wildman–Crippen MR) is 54.9 cm³/mol. The topological polar surface area (TPSA) is 95.2 Å². The van der Waals surface area contributed by atoms with Crippen molar-refractivity contribution in [3.05, 3.63) is 0 Å². The average molecular weight is 233 g/mol. The molecule has 0 fully saturated rings. The Balaban J connectivity index is 4.68. The molecule has 0 radical (unpaired) electrons. The number of hydrogen-bond donors (Lipinski definition) is 1. The quantitative estimate of drug-likeness (QED) is 0.685. The highest BCUT2D eigenvalue weighted by atomic mass is 32.2. The zero-order valence-corrected chi connectivity index (χ0v) is 9.62.